The van der Waals surface area contributed by atoms with Crippen molar-refractivity contribution in [1.82, 2.24) is 20.9 Å². The lowest BCUT2D eigenvalue weighted by atomic mass is 9.90. The van der Waals surface area contributed by atoms with Gasteiger partial charge in [-0.15, -0.1) is 0 Å². The standard InChI is InChI=1S/C24H34N4O2S/c1-17-14-19(27-23(31)26-17)15-21(29)28-12-9-24(10-13-28)16-20(24)22(30)25-11-5-8-18-6-3-2-4-7-18/h2-4,6-7,17,19-20H,5,8-16H2,1H3,(H,25,30)(H2,26,27,31)/t17-,19+,20?/m1/s1. The summed E-state index contributed by atoms with van der Waals surface area (Å²) in [5, 5.41) is 10.2. The Morgan fingerprint density at radius 3 is 2.65 bits per heavy atom. The van der Waals surface area contributed by atoms with E-state index in [2.05, 4.69) is 47.1 Å². The number of carbonyl (C=O) groups excluding carboxylic acids is 2. The number of rotatable bonds is 7. The number of likely N-dealkylation sites (tertiary alicyclic amines) is 1. The molecule has 7 heteroatoms. The van der Waals surface area contributed by atoms with Crippen LogP contribution in [0.2, 0.25) is 0 Å². The van der Waals surface area contributed by atoms with E-state index >= 15 is 0 Å². The minimum Gasteiger partial charge on any atom is -0.360 e. The lowest BCUT2D eigenvalue weighted by molar-refractivity contribution is -0.133. The summed E-state index contributed by atoms with van der Waals surface area (Å²) < 4.78 is 0. The van der Waals surface area contributed by atoms with E-state index in [-0.39, 0.29) is 29.2 Å². The third-order valence-corrected chi connectivity index (χ3v) is 7.41. The molecule has 1 aromatic carbocycles. The van der Waals surface area contributed by atoms with E-state index < -0.39 is 0 Å². The van der Waals surface area contributed by atoms with Crippen LogP contribution >= 0.6 is 12.2 Å². The number of hydrogen-bond acceptors (Lipinski definition) is 3. The van der Waals surface area contributed by atoms with Crippen molar-refractivity contribution in [3.05, 3.63) is 35.9 Å². The molecule has 1 unspecified atom stereocenters. The monoisotopic (exact) mass is 442 g/mol. The van der Waals surface area contributed by atoms with Crippen LogP contribution in [0.1, 0.15) is 51.0 Å². The number of benzene rings is 1. The van der Waals surface area contributed by atoms with Crippen molar-refractivity contribution >= 4 is 29.1 Å². The Morgan fingerprint density at radius 2 is 1.94 bits per heavy atom. The fourth-order valence-electron chi connectivity index (χ4n) is 5.21. The zero-order valence-electron chi connectivity index (χ0n) is 18.4. The first-order valence-electron chi connectivity index (χ1n) is 11.6. The quantitative estimate of drug-likeness (QED) is 0.447. The smallest absolute Gasteiger partial charge is 0.224 e. The summed E-state index contributed by atoms with van der Waals surface area (Å²) >= 11 is 5.22. The molecule has 3 N–H and O–H groups in total. The van der Waals surface area contributed by atoms with Gasteiger partial charge in [-0.3, -0.25) is 9.59 Å². The maximum absolute atomic E-state index is 12.8. The molecular formula is C24H34N4O2S. The highest BCUT2D eigenvalue weighted by molar-refractivity contribution is 7.80. The van der Waals surface area contributed by atoms with Crippen molar-refractivity contribution in [2.45, 2.75) is 64.0 Å². The number of hydrogen-bond donors (Lipinski definition) is 3. The van der Waals surface area contributed by atoms with Crippen LogP contribution in [-0.2, 0) is 16.0 Å². The van der Waals surface area contributed by atoms with E-state index in [4.69, 9.17) is 12.2 Å². The second-order valence-electron chi connectivity index (χ2n) is 9.54. The highest BCUT2D eigenvalue weighted by Gasteiger charge is 2.58. The molecule has 0 radical (unpaired) electrons. The van der Waals surface area contributed by atoms with Gasteiger partial charge in [0.2, 0.25) is 11.8 Å². The van der Waals surface area contributed by atoms with Crippen molar-refractivity contribution in [3.63, 3.8) is 0 Å². The van der Waals surface area contributed by atoms with Gasteiger partial charge in [0.25, 0.3) is 0 Å². The van der Waals surface area contributed by atoms with E-state index in [0.29, 0.717) is 17.6 Å². The Labute approximate surface area is 190 Å². The molecule has 31 heavy (non-hydrogen) atoms. The molecule has 2 amide bonds. The molecule has 0 bridgehead atoms. The summed E-state index contributed by atoms with van der Waals surface area (Å²) in [4.78, 5) is 27.4. The Hall–Kier alpha value is -2.15. The number of piperidine rings is 1. The fourth-order valence-corrected chi connectivity index (χ4v) is 5.58. The lowest BCUT2D eigenvalue weighted by Gasteiger charge is -2.35. The maximum Gasteiger partial charge on any atom is 0.224 e. The molecule has 168 valence electrons. The normalized spacial score (nSPS) is 26.7. The van der Waals surface area contributed by atoms with E-state index in [1.807, 2.05) is 11.0 Å². The largest absolute Gasteiger partial charge is 0.360 e. The molecule has 3 fully saturated rings. The first-order chi connectivity index (χ1) is 14.9. The summed E-state index contributed by atoms with van der Waals surface area (Å²) in [7, 11) is 0. The predicted molar refractivity (Wildman–Crippen MR) is 125 cm³/mol. The van der Waals surface area contributed by atoms with Crippen LogP contribution in [0.15, 0.2) is 30.3 Å². The molecule has 1 saturated carbocycles. The van der Waals surface area contributed by atoms with E-state index in [1.54, 1.807) is 0 Å². The lowest BCUT2D eigenvalue weighted by Crippen LogP contribution is -2.54. The van der Waals surface area contributed by atoms with Gasteiger partial charge >= 0.3 is 0 Å². The number of amides is 2. The minimum atomic E-state index is 0.113. The average Bonchev–Trinajstić information content (AvgIpc) is 3.44. The van der Waals surface area contributed by atoms with Crippen molar-refractivity contribution in [1.29, 1.82) is 0 Å². The molecule has 1 aromatic rings. The number of aryl methyl sites for hydroxylation is 1. The van der Waals surface area contributed by atoms with Crippen LogP contribution in [0.25, 0.3) is 0 Å². The molecule has 2 saturated heterocycles. The van der Waals surface area contributed by atoms with Crippen LogP contribution in [-0.4, -0.2) is 53.5 Å². The van der Waals surface area contributed by atoms with Crippen LogP contribution < -0.4 is 16.0 Å². The van der Waals surface area contributed by atoms with Crippen molar-refractivity contribution in [2.75, 3.05) is 19.6 Å². The summed E-state index contributed by atoms with van der Waals surface area (Å²) in [6.45, 7) is 4.35. The van der Waals surface area contributed by atoms with Gasteiger partial charge in [0.1, 0.15) is 0 Å². The van der Waals surface area contributed by atoms with E-state index in [0.717, 1.165) is 58.2 Å². The van der Waals surface area contributed by atoms with Crippen molar-refractivity contribution in [3.8, 4) is 0 Å². The maximum atomic E-state index is 12.8. The Kier molecular flexibility index (Phi) is 6.80. The van der Waals surface area contributed by atoms with Crippen LogP contribution in [0.5, 0.6) is 0 Å². The molecule has 4 rings (SSSR count). The SMILES string of the molecule is C[C@@H]1C[C@@H](CC(=O)N2CCC3(CC2)CC3C(=O)NCCCc2ccccc2)NC(=S)N1. The number of carbonyl (C=O) groups is 2. The summed E-state index contributed by atoms with van der Waals surface area (Å²) in [5.41, 5.74) is 1.44. The highest BCUT2D eigenvalue weighted by Crippen LogP contribution is 2.59. The number of thiocarbonyl (C=S) groups is 1. The molecule has 1 spiro atoms. The Bertz CT molecular complexity index is 807. The molecule has 3 aliphatic rings. The molecule has 2 heterocycles. The van der Waals surface area contributed by atoms with Gasteiger partial charge in [0.05, 0.1) is 0 Å². The van der Waals surface area contributed by atoms with Gasteiger partial charge in [0, 0.05) is 44.1 Å². The van der Waals surface area contributed by atoms with Crippen molar-refractivity contribution in [2.24, 2.45) is 11.3 Å². The van der Waals surface area contributed by atoms with E-state index in [9.17, 15) is 9.59 Å². The van der Waals surface area contributed by atoms with Gasteiger partial charge in [0.15, 0.2) is 5.11 Å². The second-order valence-corrected chi connectivity index (χ2v) is 9.94. The molecule has 1 aliphatic carbocycles. The average molecular weight is 443 g/mol. The van der Waals surface area contributed by atoms with E-state index in [1.165, 1.54) is 5.56 Å². The van der Waals surface area contributed by atoms with Crippen LogP contribution in [0.3, 0.4) is 0 Å². The molecule has 0 aromatic heterocycles. The highest BCUT2D eigenvalue weighted by atomic mass is 32.1. The Morgan fingerprint density at radius 1 is 1.19 bits per heavy atom. The summed E-state index contributed by atoms with van der Waals surface area (Å²) in [6, 6.07) is 10.8. The van der Waals surface area contributed by atoms with Gasteiger partial charge in [-0.25, -0.2) is 0 Å². The zero-order valence-corrected chi connectivity index (χ0v) is 19.2. The number of nitrogens with zero attached hydrogens (tertiary/aromatic N) is 1. The topological polar surface area (TPSA) is 73.5 Å². The van der Waals surface area contributed by atoms with Crippen molar-refractivity contribution < 1.29 is 9.59 Å². The second kappa shape index (κ2) is 9.55. The predicted octanol–water partition coefficient (Wildman–Crippen LogP) is 2.38. The summed E-state index contributed by atoms with van der Waals surface area (Å²) in [6.07, 6.45) is 6.19. The fraction of sp³-hybridized carbons (Fsp3) is 0.625. The van der Waals surface area contributed by atoms with Gasteiger partial charge in [-0.05, 0) is 68.6 Å². The first-order valence-corrected chi connectivity index (χ1v) is 12.0. The summed E-state index contributed by atoms with van der Waals surface area (Å²) in [5.74, 6) is 0.534. The number of nitrogens with one attached hydrogen (secondary N) is 3. The van der Waals surface area contributed by atoms with Gasteiger partial charge in [-0.2, -0.15) is 0 Å². The van der Waals surface area contributed by atoms with Crippen LogP contribution in [0, 0.1) is 11.3 Å². The first kappa shape index (κ1) is 22.1. The third kappa shape index (κ3) is 5.56. The van der Waals surface area contributed by atoms with Crippen LogP contribution in [0.4, 0.5) is 0 Å². The molecular weight excluding hydrogens is 408 g/mol. The molecule has 2 aliphatic heterocycles. The molecule has 3 atom stereocenters. The third-order valence-electron chi connectivity index (χ3n) is 7.17. The Balaban J connectivity index is 1.15. The van der Waals surface area contributed by atoms with Gasteiger partial charge in [-0.1, -0.05) is 30.3 Å². The zero-order chi connectivity index (χ0) is 21.8. The molecule has 6 nitrogen and oxygen atoms in total. The van der Waals surface area contributed by atoms with Gasteiger partial charge < -0.3 is 20.9 Å². The minimum absolute atomic E-state index is 0.113.